The lowest BCUT2D eigenvalue weighted by atomic mass is 10.0. The number of halogens is 2. The Labute approximate surface area is 112 Å². The summed E-state index contributed by atoms with van der Waals surface area (Å²) in [6.07, 6.45) is 7.14. The number of hydrogen-bond acceptors (Lipinski definition) is 0. The SMILES string of the molecule is C#Cc1ccc(-c2ccc(CCC)cc2)c(F)c1F. The lowest BCUT2D eigenvalue weighted by Crippen LogP contribution is -1.94. The summed E-state index contributed by atoms with van der Waals surface area (Å²) in [4.78, 5) is 0. The van der Waals surface area contributed by atoms with Gasteiger partial charge in [0.1, 0.15) is 0 Å². The number of aryl methyl sites for hydroxylation is 1. The molecule has 0 N–H and O–H groups in total. The Balaban J connectivity index is 2.42. The Bertz CT molecular complexity index is 619. The van der Waals surface area contributed by atoms with Crippen LogP contribution >= 0.6 is 0 Å². The molecular formula is C17H14F2. The molecule has 0 nitrogen and oxygen atoms in total. The summed E-state index contributed by atoms with van der Waals surface area (Å²) in [6.45, 7) is 2.10. The van der Waals surface area contributed by atoms with Crippen LogP contribution in [0.3, 0.4) is 0 Å². The molecule has 0 atom stereocenters. The monoisotopic (exact) mass is 256 g/mol. The van der Waals surface area contributed by atoms with E-state index in [9.17, 15) is 8.78 Å². The summed E-state index contributed by atoms with van der Waals surface area (Å²) in [5.41, 5.74) is 2.02. The van der Waals surface area contributed by atoms with Crippen molar-refractivity contribution >= 4 is 0 Å². The maximum Gasteiger partial charge on any atom is 0.175 e. The Morgan fingerprint density at radius 1 is 1.00 bits per heavy atom. The van der Waals surface area contributed by atoms with Gasteiger partial charge in [-0.2, -0.15) is 0 Å². The highest BCUT2D eigenvalue weighted by atomic mass is 19.2. The van der Waals surface area contributed by atoms with Gasteiger partial charge < -0.3 is 0 Å². The van der Waals surface area contributed by atoms with Crippen molar-refractivity contribution in [3.63, 3.8) is 0 Å². The first-order valence-electron chi connectivity index (χ1n) is 6.21. The minimum absolute atomic E-state index is 0.0520. The molecule has 2 heteroatoms. The summed E-state index contributed by atoms with van der Waals surface area (Å²) < 4.78 is 27.5. The molecular weight excluding hydrogens is 242 g/mol. The van der Waals surface area contributed by atoms with Crippen LogP contribution in [-0.2, 0) is 6.42 Å². The zero-order chi connectivity index (χ0) is 13.8. The van der Waals surface area contributed by atoms with Gasteiger partial charge in [-0.05, 0) is 29.7 Å². The molecule has 0 aliphatic heterocycles. The predicted octanol–water partition coefficient (Wildman–Crippen LogP) is 4.57. The summed E-state index contributed by atoms with van der Waals surface area (Å²) in [5.74, 6) is 0.275. The molecule has 0 saturated carbocycles. The first-order valence-corrected chi connectivity index (χ1v) is 6.21. The maximum absolute atomic E-state index is 13.9. The fraction of sp³-hybridized carbons (Fsp3) is 0.176. The second-order valence-electron chi connectivity index (χ2n) is 4.38. The third-order valence-electron chi connectivity index (χ3n) is 3.04. The lowest BCUT2D eigenvalue weighted by Gasteiger charge is -2.07. The van der Waals surface area contributed by atoms with Crippen molar-refractivity contribution in [3.05, 3.63) is 59.2 Å². The molecule has 0 bridgehead atoms. The summed E-state index contributed by atoms with van der Waals surface area (Å²) >= 11 is 0. The van der Waals surface area contributed by atoms with Gasteiger partial charge in [-0.1, -0.05) is 43.5 Å². The van der Waals surface area contributed by atoms with E-state index in [2.05, 4.69) is 12.8 Å². The predicted molar refractivity (Wildman–Crippen MR) is 73.7 cm³/mol. The summed E-state index contributed by atoms with van der Waals surface area (Å²) in [5, 5.41) is 0. The molecule has 2 aromatic carbocycles. The van der Waals surface area contributed by atoms with Crippen LogP contribution in [0.15, 0.2) is 36.4 Å². The quantitative estimate of drug-likeness (QED) is 0.706. The Morgan fingerprint density at radius 3 is 2.26 bits per heavy atom. The van der Waals surface area contributed by atoms with E-state index in [-0.39, 0.29) is 11.1 Å². The van der Waals surface area contributed by atoms with Crippen molar-refractivity contribution in [2.75, 3.05) is 0 Å². The number of rotatable bonds is 3. The molecule has 0 heterocycles. The Kier molecular flexibility index (Phi) is 3.97. The van der Waals surface area contributed by atoms with Crippen molar-refractivity contribution < 1.29 is 8.78 Å². The molecule has 0 fully saturated rings. The van der Waals surface area contributed by atoms with Crippen LogP contribution in [0.25, 0.3) is 11.1 Å². The molecule has 2 aromatic rings. The van der Waals surface area contributed by atoms with Crippen LogP contribution in [0.5, 0.6) is 0 Å². The van der Waals surface area contributed by atoms with E-state index in [0.29, 0.717) is 5.56 Å². The van der Waals surface area contributed by atoms with Gasteiger partial charge in [-0.25, -0.2) is 8.78 Å². The normalized spacial score (nSPS) is 10.2. The number of benzene rings is 2. The topological polar surface area (TPSA) is 0 Å². The molecule has 0 radical (unpaired) electrons. The van der Waals surface area contributed by atoms with Gasteiger partial charge in [0.05, 0.1) is 5.56 Å². The van der Waals surface area contributed by atoms with E-state index in [4.69, 9.17) is 6.42 Å². The minimum Gasteiger partial charge on any atom is -0.203 e. The molecule has 0 aliphatic carbocycles. The van der Waals surface area contributed by atoms with Gasteiger partial charge in [0, 0.05) is 5.56 Å². The molecule has 96 valence electrons. The van der Waals surface area contributed by atoms with E-state index >= 15 is 0 Å². The fourth-order valence-electron chi connectivity index (χ4n) is 2.02. The smallest absolute Gasteiger partial charge is 0.175 e. The summed E-state index contributed by atoms with van der Waals surface area (Å²) in [7, 11) is 0. The molecule has 19 heavy (non-hydrogen) atoms. The molecule has 0 aromatic heterocycles. The van der Waals surface area contributed by atoms with Crippen molar-refractivity contribution in [2.45, 2.75) is 19.8 Å². The van der Waals surface area contributed by atoms with E-state index in [0.717, 1.165) is 12.8 Å². The third-order valence-corrected chi connectivity index (χ3v) is 3.04. The van der Waals surface area contributed by atoms with Crippen molar-refractivity contribution in [3.8, 4) is 23.5 Å². The third kappa shape index (κ3) is 2.66. The fourth-order valence-corrected chi connectivity index (χ4v) is 2.02. The summed E-state index contributed by atoms with van der Waals surface area (Å²) in [6, 6.07) is 10.4. The van der Waals surface area contributed by atoms with Crippen LogP contribution in [0, 0.1) is 24.0 Å². The zero-order valence-electron chi connectivity index (χ0n) is 10.7. The van der Waals surface area contributed by atoms with Crippen molar-refractivity contribution in [2.24, 2.45) is 0 Å². The second kappa shape index (κ2) is 5.67. The van der Waals surface area contributed by atoms with Gasteiger partial charge in [-0.3, -0.25) is 0 Å². The lowest BCUT2D eigenvalue weighted by molar-refractivity contribution is 0.509. The van der Waals surface area contributed by atoms with Gasteiger partial charge >= 0.3 is 0 Å². The average Bonchev–Trinajstić information content (AvgIpc) is 2.43. The molecule has 0 unspecified atom stereocenters. The van der Waals surface area contributed by atoms with E-state index in [1.807, 2.05) is 12.1 Å². The first-order chi connectivity index (χ1) is 9.17. The van der Waals surface area contributed by atoms with Crippen LogP contribution < -0.4 is 0 Å². The van der Waals surface area contributed by atoms with Crippen LogP contribution in [-0.4, -0.2) is 0 Å². The first kappa shape index (κ1) is 13.3. The highest BCUT2D eigenvalue weighted by Gasteiger charge is 2.13. The molecule has 0 saturated heterocycles. The Morgan fingerprint density at radius 2 is 1.68 bits per heavy atom. The van der Waals surface area contributed by atoms with Crippen LogP contribution in [0.4, 0.5) is 8.78 Å². The van der Waals surface area contributed by atoms with Gasteiger partial charge in [0.2, 0.25) is 0 Å². The average molecular weight is 256 g/mol. The second-order valence-corrected chi connectivity index (χ2v) is 4.38. The van der Waals surface area contributed by atoms with Gasteiger partial charge in [0.15, 0.2) is 11.6 Å². The minimum atomic E-state index is -0.961. The van der Waals surface area contributed by atoms with Crippen molar-refractivity contribution in [1.82, 2.24) is 0 Å². The maximum atomic E-state index is 13.9. The highest BCUT2D eigenvalue weighted by molar-refractivity contribution is 5.65. The Hall–Kier alpha value is -2.14. The van der Waals surface area contributed by atoms with Crippen molar-refractivity contribution in [1.29, 1.82) is 0 Å². The van der Waals surface area contributed by atoms with E-state index in [1.165, 1.54) is 17.7 Å². The zero-order valence-corrected chi connectivity index (χ0v) is 10.7. The van der Waals surface area contributed by atoms with Crippen LogP contribution in [0.1, 0.15) is 24.5 Å². The molecule has 0 spiro atoms. The molecule has 0 amide bonds. The standard InChI is InChI=1S/C17H14F2/c1-3-5-12-6-8-14(9-7-12)15-11-10-13(4-2)16(18)17(15)19/h2,6-11H,3,5H2,1H3. The van der Waals surface area contributed by atoms with Gasteiger partial charge in [-0.15, -0.1) is 6.42 Å². The molecule has 0 aliphatic rings. The van der Waals surface area contributed by atoms with E-state index in [1.54, 1.807) is 12.1 Å². The van der Waals surface area contributed by atoms with E-state index < -0.39 is 11.6 Å². The largest absolute Gasteiger partial charge is 0.203 e. The van der Waals surface area contributed by atoms with Crippen LogP contribution in [0.2, 0.25) is 0 Å². The number of hydrogen-bond donors (Lipinski definition) is 0. The highest BCUT2D eigenvalue weighted by Crippen LogP contribution is 2.26. The van der Waals surface area contributed by atoms with Gasteiger partial charge in [0.25, 0.3) is 0 Å². The number of terminal acetylenes is 1. The molecule has 2 rings (SSSR count).